The van der Waals surface area contributed by atoms with E-state index in [1.165, 1.54) is 39.3 Å². The number of benzene rings is 1. The molecule has 1 aromatic carbocycles. The molecule has 0 nitrogen and oxygen atoms in total. The SMILES string of the molecule is CCCCC(=S)CCC(C1=CCc2ccccc21)c1cccs1. The summed E-state index contributed by atoms with van der Waals surface area (Å²) in [6, 6.07) is 13.3. The molecule has 0 bridgehead atoms. The maximum atomic E-state index is 5.60. The van der Waals surface area contributed by atoms with Crippen LogP contribution in [0.2, 0.25) is 0 Å². The van der Waals surface area contributed by atoms with Crippen LogP contribution in [0, 0.1) is 0 Å². The van der Waals surface area contributed by atoms with Crippen molar-refractivity contribution in [2.45, 2.75) is 51.4 Å². The molecule has 3 rings (SSSR count). The van der Waals surface area contributed by atoms with Crippen molar-refractivity contribution in [2.24, 2.45) is 0 Å². The van der Waals surface area contributed by atoms with Crippen LogP contribution in [0.5, 0.6) is 0 Å². The molecule has 0 aliphatic heterocycles. The summed E-state index contributed by atoms with van der Waals surface area (Å²) in [5, 5.41) is 2.19. The average Bonchev–Trinajstić information content (AvgIpc) is 3.24. The van der Waals surface area contributed by atoms with Gasteiger partial charge in [0.25, 0.3) is 0 Å². The van der Waals surface area contributed by atoms with Gasteiger partial charge in [-0.3, -0.25) is 0 Å². The van der Waals surface area contributed by atoms with Crippen molar-refractivity contribution < 1.29 is 0 Å². The highest BCUT2D eigenvalue weighted by molar-refractivity contribution is 7.80. The van der Waals surface area contributed by atoms with Gasteiger partial charge < -0.3 is 0 Å². The van der Waals surface area contributed by atoms with Gasteiger partial charge in [-0.25, -0.2) is 0 Å². The molecule has 0 spiro atoms. The van der Waals surface area contributed by atoms with Crippen molar-refractivity contribution in [3.05, 3.63) is 63.9 Å². The number of thiocarbonyl (C=S) groups is 1. The molecule has 0 saturated heterocycles. The summed E-state index contributed by atoms with van der Waals surface area (Å²) in [4.78, 5) is 2.73. The summed E-state index contributed by atoms with van der Waals surface area (Å²) < 4.78 is 0. The highest BCUT2D eigenvalue weighted by atomic mass is 32.1. The van der Waals surface area contributed by atoms with Crippen LogP contribution in [0.25, 0.3) is 5.57 Å². The molecule has 2 heteroatoms. The Morgan fingerprint density at radius 3 is 2.83 bits per heavy atom. The molecule has 2 aromatic rings. The normalized spacial score (nSPS) is 14.4. The lowest BCUT2D eigenvalue weighted by Gasteiger charge is -2.19. The molecule has 0 N–H and O–H groups in total. The van der Waals surface area contributed by atoms with Crippen LogP contribution in [0.1, 0.15) is 60.9 Å². The van der Waals surface area contributed by atoms with Crippen molar-refractivity contribution in [1.29, 1.82) is 0 Å². The summed E-state index contributed by atoms with van der Waals surface area (Å²) in [5.41, 5.74) is 4.43. The van der Waals surface area contributed by atoms with E-state index in [0.29, 0.717) is 5.92 Å². The van der Waals surface area contributed by atoms with E-state index < -0.39 is 0 Å². The third-order valence-corrected chi connectivity index (χ3v) is 6.05. The summed E-state index contributed by atoms with van der Waals surface area (Å²) in [6.45, 7) is 2.23. The fourth-order valence-corrected chi connectivity index (χ4v) is 4.53. The molecule has 0 saturated carbocycles. The molecule has 1 heterocycles. The van der Waals surface area contributed by atoms with E-state index in [2.05, 4.69) is 54.8 Å². The van der Waals surface area contributed by atoms with Crippen LogP contribution in [-0.4, -0.2) is 4.86 Å². The Morgan fingerprint density at radius 1 is 1.17 bits per heavy atom. The fourth-order valence-electron chi connectivity index (χ4n) is 3.38. The number of fused-ring (bicyclic) bond motifs is 1. The number of hydrogen-bond acceptors (Lipinski definition) is 2. The number of allylic oxidation sites excluding steroid dienone is 2. The molecule has 120 valence electrons. The zero-order valence-corrected chi connectivity index (χ0v) is 15.4. The van der Waals surface area contributed by atoms with Gasteiger partial charge in [0.2, 0.25) is 0 Å². The molecular formula is C21H24S2. The second-order valence-corrected chi connectivity index (χ2v) is 7.83. The first-order valence-corrected chi connectivity index (χ1v) is 9.91. The molecule has 1 aromatic heterocycles. The summed E-state index contributed by atoms with van der Waals surface area (Å²) >= 11 is 7.48. The van der Waals surface area contributed by atoms with Gasteiger partial charge in [0.15, 0.2) is 0 Å². The predicted octanol–water partition coefficient (Wildman–Crippen LogP) is 6.81. The average molecular weight is 341 g/mol. The zero-order valence-electron chi connectivity index (χ0n) is 13.8. The van der Waals surface area contributed by atoms with E-state index in [9.17, 15) is 0 Å². The summed E-state index contributed by atoms with van der Waals surface area (Å²) in [7, 11) is 0. The molecule has 1 aliphatic carbocycles. The Balaban J connectivity index is 1.77. The molecular weight excluding hydrogens is 316 g/mol. The maximum absolute atomic E-state index is 5.60. The second-order valence-electron chi connectivity index (χ2n) is 6.27. The van der Waals surface area contributed by atoms with E-state index in [-0.39, 0.29) is 0 Å². The Morgan fingerprint density at radius 2 is 2.04 bits per heavy atom. The number of hydrogen-bond donors (Lipinski definition) is 0. The van der Waals surface area contributed by atoms with Gasteiger partial charge in [-0.15, -0.1) is 11.3 Å². The fraction of sp³-hybridized carbons (Fsp3) is 0.381. The first-order chi connectivity index (χ1) is 11.3. The minimum Gasteiger partial charge on any atom is -0.148 e. The van der Waals surface area contributed by atoms with Crippen molar-refractivity contribution in [3.8, 4) is 0 Å². The largest absolute Gasteiger partial charge is 0.148 e. The number of thiophene rings is 1. The second kappa shape index (κ2) is 8.03. The van der Waals surface area contributed by atoms with Crippen LogP contribution >= 0.6 is 23.6 Å². The third kappa shape index (κ3) is 3.99. The van der Waals surface area contributed by atoms with Gasteiger partial charge in [-0.05, 0) is 65.1 Å². The van der Waals surface area contributed by atoms with Crippen LogP contribution in [0.15, 0.2) is 47.9 Å². The van der Waals surface area contributed by atoms with Crippen LogP contribution in [0.3, 0.4) is 0 Å². The van der Waals surface area contributed by atoms with Crippen molar-refractivity contribution in [1.82, 2.24) is 0 Å². The van der Waals surface area contributed by atoms with Crippen LogP contribution in [-0.2, 0) is 6.42 Å². The number of rotatable bonds is 8. The maximum Gasteiger partial charge on any atom is 0.0190 e. The molecule has 0 fully saturated rings. The standard InChI is InChI=1S/C21H24S2/c1-2-3-8-17(22)12-14-20(21-10-6-15-23-21)19-13-11-16-7-4-5-9-18(16)19/h4-7,9-10,13,15,20H,2-3,8,11-12,14H2,1H3. The first kappa shape index (κ1) is 16.6. The molecule has 0 radical (unpaired) electrons. The lowest BCUT2D eigenvalue weighted by molar-refractivity contribution is 0.774. The third-order valence-electron chi connectivity index (χ3n) is 4.65. The topological polar surface area (TPSA) is 0 Å². The van der Waals surface area contributed by atoms with Gasteiger partial charge in [-0.1, -0.05) is 62.0 Å². The van der Waals surface area contributed by atoms with Gasteiger partial charge in [0.1, 0.15) is 0 Å². The van der Waals surface area contributed by atoms with Gasteiger partial charge in [0.05, 0.1) is 0 Å². The van der Waals surface area contributed by atoms with Crippen LogP contribution < -0.4 is 0 Å². The highest BCUT2D eigenvalue weighted by Crippen LogP contribution is 2.42. The highest BCUT2D eigenvalue weighted by Gasteiger charge is 2.24. The summed E-state index contributed by atoms with van der Waals surface area (Å²) in [5.74, 6) is 0.498. The van der Waals surface area contributed by atoms with Gasteiger partial charge >= 0.3 is 0 Å². The number of unbranched alkanes of at least 4 members (excludes halogenated alkanes) is 1. The minimum absolute atomic E-state index is 0.498. The minimum atomic E-state index is 0.498. The molecule has 0 amide bonds. The summed E-state index contributed by atoms with van der Waals surface area (Å²) in [6.07, 6.45) is 9.29. The Bertz CT molecular complexity index is 680. The van der Waals surface area contributed by atoms with Crippen molar-refractivity contribution in [2.75, 3.05) is 0 Å². The van der Waals surface area contributed by atoms with E-state index in [0.717, 1.165) is 25.7 Å². The van der Waals surface area contributed by atoms with Gasteiger partial charge in [-0.2, -0.15) is 0 Å². The van der Waals surface area contributed by atoms with Crippen molar-refractivity contribution >= 4 is 34.0 Å². The molecule has 23 heavy (non-hydrogen) atoms. The Labute approximate surface area is 149 Å². The lowest BCUT2D eigenvalue weighted by atomic mass is 9.88. The lowest BCUT2D eigenvalue weighted by Crippen LogP contribution is -2.04. The van der Waals surface area contributed by atoms with Crippen LogP contribution in [0.4, 0.5) is 0 Å². The molecule has 1 unspecified atom stereocenters. The first-order valence-electron chi connectivity index (χ1n) is 8.63. The van der Waals surface area contributed by atoms with Crippen molar-refractivity contribution in [3.63, 3.8) is 0 Å². The zero-order chi connectivity index (χ0) is 16.1. The predicted molar refractivity (Wildman–Crippen MR) is 107 cm³/mol. The smallest absolute Gasteiger partial charge is 0.0190 e. The quantitative estimate of drug-likeness (QED) is 0.475. The molecule has 1 atom stereocenters. The van der Waals surface area contributed by atoms with E-state index in [1.807, 2.05) is 11.3 Å². The Kier molecular flexibility index (Phi) is 5.80. The van der Waals surface area contributed by atoms with Gasteiger partial charge in [0, 0.05) is 10.8 Å². The Hall–Kier alpha value is -1.25. The monoisotopic (exact) mass is 340 g/mol. The molecule has 1 aliphatic rings. The van der Waals surface area contributed by atoms with E-state index in [1.54, 1.807) is 0 Å². The van der Waals surface area contributed by atoms with E-state index in [4.69, 9.17) is 12.2 Å². The van der Waals surface area contributed by atoms with E-state index >= 15 is 0 Å².